The van der Waals surface area contributed by atoms with Gasteiger partial charge in [-0.2, -0.15) is 0 Å². The molecule has 5 nitrogen and oxygen atoms in total. The first-order valence-corrected chi connectivity index (χ1v) is 9.97. The smallest absolute Gasteiger partial charge is 0.317 e. The average Bonchev–Trinajstić information content (AvgIpc) is 2.68. The molecule has 0 radical (unpaired) electrons. The highest BCUT2D eigenvalue weighted by molar-refractivity contribution is 6.30. The van der Waals surface area contributed by atoms with Gasteiger partial charge >= 0.3 is 6.03 Å². The normalized spacial score (nSPS) is 19.4. The quantitative estimate of drug-likeness (QED) is 0.794. The van der Waals surface area contributed by atoms with Crippen LogP contribution in [-0.4, -0.2) is 36.0 Å². The van der Waals surface area contributed by atoms with Crippen molar-refractivity contribution in [1.82, 2.24) is 10.2 Å². The van der Waals surface area contributed by atoms with Crippen molar-refractivity contribution in [3.05, 3.63) is 65.2 Å². The highest BCUT2D eigenvalue weighted by Gasteiger charge is 2.34. The molecule has 1 fully saturated rings. The van der Waals surface area contributed by atoms with Crippen LogP contribution < -0.4 is 10.6 Å². The summed E-state index contributed by atoms with van der Waals surface area (Å²) in [5.41, 5.74) is 1.81. The number of halogens is 1. The summed E-state index contributed by atoms with van der Waals surface area (Å²) >= 11 is 6.02. The fourth-order valence-corrected chi connectivity index (χ4v) is 3.76. The predicted octanol–water partition coefficient (Wildman–Crippen LogP) is 4.50. The fourth-order valence-electron chi connectivity index (χ4n) is 3.57. The van der Waals surface area contributed by atoms with Gasteiger partial charge in [-0.15, -0.1) is 0 Å². The molecule has 148 valence electrons. The molecule has 2 unspecified atom stereocenters. The number of amides is 3. The monoisotopic (exact) mass is 399 g/mol. The minimum atomic E-state index is -0.296. The molecule has 2 aromatic carbocycles. The second-order valence-electron chi connectivity index (χ2n) is 7.55. The van der Waals surface area contributed by atoms with Crippen molar-refractivity contribution < 1.29 is 9.59 Å². The maximum absolute atomic E-state index is 12.9. The number of benzene rings is 2. The third-order valence-electron chi connectivity index (χ3n) is 4.88. The van der Waals surface area contributed by atoms with E-state index in [1.165, 1.54) is 0 Å². The van der Waals surface area contributed by atoms with Crippen LogP contribution in [0.25, 0.3) is 0 Å². The summed E-state index contributed by atoms with van der Waals surface area (Å²) in [6, 6.07) is 17.1. The number of hydrogen-bond acceptors (Lipinski definition) is 2. The number of hydrogen-bond donors (Lipinski definition) is 2. The zero-order chi connectivity index (χ0) is 20.1. The van der Waals surface area contributed by atoms with Crippen LogP contribution in [0.2, 0.25) is 5.02 Å². The Morgan fingerprint density at radius 2 is 1.82 bits per heavy atom. The maximum Gasteiger partial charge on any atom is 0.317 e. The van der Waals surface area contributed by atoms with E-state index in [0.717, 1.165) is 5.56 Å². The van der Waals surface area contributed by atoms with Crippen molar-refractivity contribution in [1.29, 1.82) is 0 Å². The van der Waals surface area contributed by atoms with Gasteiger partial charge in [-0.05, 0) is 44.0 Å². The summed E-state index contributed by atoms with van der Waals surface area (Å²) in [6.07, 6.45) is 0.696. The average molecular weight is 400 g/mol. The van der Waals surface area contributed by atoms with Crippen LogP contribution in [0.4, 0.5) is 10.5 Å². The molecule has 2 aromatic rings. The minimum Gasteiger partial charge on any atom is -0.336 e. The highest BCUT2D eigenvalue weighted by atomic mass is 35.5. The molecular weight excluding hydrogens is 374 g/mol. The van der Waals surface area contributed by atoms with Gasteiger partial charge in [0.15, 0.2) is 0 Å². The topological polar surface area (TPSA) is 61.4 Å². The van der Waals surface area contributed by atoms with Gasteiger partial charge in [-0.1, -0.05) is 48.0 Å². The standard InChI is InChI=1S/C22H26ClN3O2/c1-15(2)24-22(28)26-13-17(16-7-4-3-5-8-16)11-18(14-26)21(27)25-20-10-6-9-19(23)12-20/h3-10,12,15,17-18H,11,13-14H2,1-2H3,(H,24,28)(H,25,27). The number of nitrogens with zero attached hydrogens (tertiary/aromatic N) is 1. The molecule has 0 bridgehead atoms. The Kier molecular flexibility index (Phi) is 6.57. The van der Waals surface area contributed by atoms with Gasteiger partial charge in [0.25, 0.3) is 0 Å². The zero-order valence-corrected chi connectivity index (χ0v) is 16.9. The summed E-state index contributed by atoms with van der Waals surface area (Å²) in [5, 5.41) is 6.45. The van der Waals surface area contributed by atoms with Crippen LogP contribution in [0.3, 0.4) is 0 Å². The molecule has 2 atom stereocenters. The lowest BCUT2D eigenvalue weighted by Gasteiger charge is -2.37. The molecule has 0 spiro atoms. The molecule has 3 amide bonds. The Bertz CT molecular complexity index is 826. The van der Waals surface area contributed by atoms with Gasteiger partial charge in [0, 0.05) is 35.8 Å². The molecule has 0 saturated carbocycles. The molecule has 0 aromatic heterocycles. The van der Waals surface area contributed by atoms with Crippen molar-refractivity contribution >= 4 is 29.2 Å². The molecule has 1 aliphatic rings. The number of carbonyl (C=O) groups excluding carboxylic acids is 2. The summed E-state index contributed by atoms with van der Waals surface area (Å²) in [7, 11) is 0. The van der Waals surface area contributed by atoms with Crippen LogP contribution >= 0.6 is 11.6 Å². The van der Waals surface area contributed by atoms with E-state index < -0.39 is 0 Å². The predicted molar refractivity (Wildman–Crippen MR) is 113 cm³/mol. The Balaban J connectivity index is 1.78. The lowest BCUT2D eigenvalue weighted by molar-refractivity contribution is -0.121. The van der Waals surface area contributed by atoms with Gasteiger partial charge in [0.1, 0.15) is 0 Å². The number of carbonyl (C=O) groups is 2. The molecule has 3 rings (SSSR count). The van der Waals surface area contributed by atoms with E-state index >= 15 is 0 Å². The Labute approximate surface area is 171 Å². The Hall–Kier alpha value is -2.53. The van der Waals surface area contributed by atoms with E-state index in [2.05, 4.69) is 22.8 Å². The number of likely N-dealkylation sites (tertiary alicyclic amines) is 1. The summed E-state index contributed by atoms with van der Waals surface area (Å²) in [4.78, 5) is 27.3. The largest absolute Gasteiger partial charge is 0.336 e. The SMILES string of the molecule is CC(C)NC(=O)N1CC(C(=O)Nc2cccc(Cl)c2)CC(c2ccccc2)C1. The lowest BCUT2D eigenvalue weighted by Crippen LogP contribution is -2.51. The van der Waals surface area contributed by atoms with Gasteiger partial charge in [0.05, 0.1) is 5.92 Å². The van der Waals surface area contributed by atoms with Crippen LogP contribution in [0.5, 0.6) is 0 Å². The van der Waals surface area contributed by atoms with Crippen molar-refractivity contribution in [2.24, 2.45) is 5.92 Å². The van der Waals surface area contributed by atoms with Crippen molar-refractivity contribution in [3.8, 4) is 0 Å². The lowest BCUT2D eigenvalue weighted by atomic mass is 9.84. The zero-order valence-electron chi connectivity index (χ0n) is 16.2. The second-order valence-corrected chi connectivity index (χ2v) is 7.99. The molecule has 1 aliphatic heterocycles. The van der Waals surface area contributed by atoms with E-state index in [4.69, 9.17) is 11.6 Å². The Morgan fingerprint density at radius 3 is 2.50 bits per heavy atom. The van der Waals surface area contributed by atoms with Crippen molar-refractivity contribution in [3.63, 3.8) is 0 Å². The number of rotatable bonds is 4. The van der Waals surface area contributed by atoms with Gasteiger partial charge in [-0.3, -0.25) is 4.79 Å². The van der Waals surface area contributed by atoms with Crippen LogP contribution in [-0.2, 0) is 4.79 Å². The van der Waals surface area contributed by atoms with Crippen molar-refractivity contribution in [2.45, 2.75) is 32.2 Å². The molecule has 6 heteroatoms. The van der Waals surface area contributed by atoms with Crippen LogP contribution in [0.1, 0.15) is 31.7 Å². The molecule has 1 saturated heterocycles. The van der Waals surface area contributed by atoms with E-state index in [-0.39, 0.29) is 29.8 Å². The molecular formula is C22H26ClN3O2. The van der Waals surface area contributed by atoms with E-state index in [9.17, 15) is 9.59 Å². The van der Waals surface area contributed by atoms with E-state index in [1.807, 2.05) is 38.1 Å². The third kappa shape index (κ3) is 5.26. The first-order chi connectivity index (χ1) is 13.4. The first kappa shape index (κ1) is 20.2. The third-order valence-corrected chi connectivity index (χ3v) is 5.12. The molecule has 2 N–H and O–H groups in total. The maximum atomic E-state index is 12.9. The summed E-state index contributed by atoms with van der Waals surface area (Å²) < 4.78 is 0. The highest BCUT2D eigenvalue weighted by Crippen LogP contribution is 2.31. The fraction of sp³-hybridized carbons (Fsp3) is 0.364. The number of anilines is 1. The minimum absolute atomic E-state index is 0.0448. The first-order valence-electron chi connectivity index (χ1n) is 9.59. The van der Waals surface area contributed by atoms with Crippen LogP contribution in [0.15, 0.2) is 54.6 Å². The van der Waals surface area contributed by atoms with Gasteiger partial charge < -0.3 is 15.5 Å². The van der Waals surface area contributed by atoms with Crippen LogP contribution in [0, 0.1) is 5.92 Å². The molecule has 0 aliphatic carbocycles. The summed E-state index contributed by atoms with van der Waals surface area (Å²) in [5.74, 6) is -0.274. The molecule has 1 heterocycles. The number of piperidine rings is 1. The van der Waals surface area contributed by atoms with E-state index in [0.29, 0.717) is 30.2 Å². The number of nitrogens with one attached hydrogen (secondary N) is 2. The van der Waals surface area contributed by atoms with Gasteiger partial charge in [0.2, 0.25) is 5.91 Å². The van der Waals surface area contributed by atoms with Gasteiger partial charge in [-0.25, -0.2) is 4.79 Å². The van der Waals surface area contributed by atoms with E-state index in [1.54, 1.807) is 23.1 Å². The Morgan fingerprint density at radius 1 is 1.07 bits per heavy atom. The summed E-state index contributed by atoms with van der Waals surface area (Å²) in [6.45, 7) is 4.86. The molecule has 28 heavy (non-hydrogen) atoms. The number of urea groups is 1. The van der Waals surface area contributed by atoms with Crippen molar-refractivity contribution in [2.75, 3.05) is 18.4 Å². The second kappa shape index (κ2) is 9.11.